The summed E-state index contributed by atoms with van der Waals surface area (Å²) >= 11 is 5.65. The van der Waals surface area contributed by atoms with Gasteiger partial charge in [0.2, 0.25) is 0 Å². The Kier molecular flexibility index (Phi) is 5.72. The molecule has 2 atom stereocenters. The van der Waals surface area contributed by atoms with Gasteiger partial charge in [-0.05, 0) is 29.1 Å². The number of halogens is 4. The molecule has 7 heteroatoms. The molecule has 28 heavy (non-hydrogen) atoms. The lowest BCUT2D eigenvalue weighted by molar-refractivity contribution is -0.257. The Morgan fingerprint density at radius 3 is 2.39 bits per heavy atom. The molecule has 0 bridgehead atoms. The molecular formula is C21H19ClF3NO2. The Morgan fingerprint density at radius 2 is 1.71 bits per heavy atom. The minimum absolute atomic E-state index is 0.202. The van der Waals surface area contributed by atoms with Gasteiger partial charge in [0.05, 0.1) is 19.0 Å². The minimum atomic E-state index is -4.96. The van der Waals surface area contributed by atoms with Gasteiger partial charge >= 0.3 is 6.18 Å². The highest BCUT2D eigenvalue weighted by molar-refractivity contribution is 6.18. The zero-order chi connectivity index (χ0) is 20.4. The number of rotatable bonds is 6. The largest absolute Gasteiger partial charge is 0.497 e. The van der Waals surface area contributed by atoms with Crippen LogP contribution in [0.5, 0.6) is 5.75 Å². The van der Waals surface area contributed by atoms with Gasteiger partial charge in [0.25, 0.3) is 0 Å². The van der Waals surface area contributed by atoms with Crippen molar-refractivity contribution in [3.8, 4) is 5.75 Å². The smallest absolute Gasteiger partial charge is 0.420 e. The van der Waals surface area contributed by atoms with Crippen LogP contribution in [-0.4, -0.2) is 29.9 Å². The van der Waals surface area contributed by atoms with Crippen LogP contribution >= 0.6 is 11.6 Å². The summed E-state index contributed by atoms with van der Waals surface area (Å²) in [6, 6.07) is 17.1. The fourth-order valence-electron chi connectivity index (χ4n) is 3.12. The van der Waals surface area contributed by atoms with Crippen molar-refractivity contribution in [2.24, 2.45) is 0 Å². The first kappa shape index (κ1) is 20.3. The Hall–Kier alpha value is -2.44. The second kappa shape index (κ2) is 7.89. The monoisotopic (exact) mass is 409 g/mol. The number of nitrogens with one attached hydrogen (secondary N) is 1. The number of benzene rings is 3. The number of hydrogen-bond donors (Lipinski definition) is 2. The molecule has 0 aliphatic carbocycles. The summed E-state index contributed by atoms with van der Waals surface area (Å²) in [5.41, 5.74) is -2.54. The maximum Gasteiger partial charge on any atom is 0.420 e. The molecule has 3 rings (SSSR count). The molecule has 3 aromatic carbocycles. The van der Waals surface area contributed by atoms with E-state index < -0.39 is 23.7 Å². The van der Waals surface area contributed by atoms with Crippen molar-refractivity contribution in [2.75, 3.05) is 18.3 Å². The van der Waals surface area contributed by atoms with Gasteiger partial charge in [-0.15, -0.1) is 11.6 Å². The molecule has 148 valence electrons. The third-order valence-corrected chi connectivity index (χ3v) is 5.10. The van der Waals surface area contributed by atoms with Crippen molar-refractivity contribution in [3.63, 3.8) is 0 Å². The highest BCUT2D eigenvalue weighted by atomic mass is 35.5. The van der Waals surface area contributed by atoms with Gasteiger partial charge in [-0.1, -0.05) is 48.5 Å². The molecule has 0 saturated heterocycles. The predicted octanol–water partition coefficient (Wildman–Crippen LogP) is 5.53. The van der Waals surface area contributed by atoms with Gasteiger partial charge in [-0.25, -0.2) is 0 Å². The Balaban J connectivity index is 2.15. The Labute approximate surface area is 165 Å². The van der Waals surface area contributed by atoms with Crippen LogP contribution < -0.4 is 10.1 Å². The van der Waals surface area contributed by atoms with E-state index in [2.05, 4.69) is 5.32 Å². The summed E-state index contributed by atoms with van der Waals surface area (Å²) in [5, 5.41) is 15.1. The molecule has 0 amide bonds. The lowest BCUT2D eigenvalue weighted by atomic mass is 9.88. The molecule has 2 N–H and O–H groups in total. The molecule has 3 nitrogen and oxygen atoms in total. The third kappa shape index (κ3) is 3.75. The topological polar surface area (TPSA) is 41.5 Å². The van der Waals surface area contributed by atoms with E-state index in [-0.39, 0.29) is 5.56 Å². The van der Waals surface area contributed by atoms with E-state index in [1.54, 1.807) is 36.4 Å². The molecule has 0 aromatic heterocycles. The fourth-order valence-corrected chi connectivity index (χ4v) is 3.43. The van der Waals surface area contributed by atoms with Crippen LogP contribution in [0.3, 0.4) is 0 Å². The molecule has 2 unspecified atom stereocenters. The van der Waals surface area contributed by atoms with E-state index in [0.717, 1.165) is 10.8 Å². The van der Waals surface area contributed by atoms with Crippen molar-refractivity contribution < 1.29 is 23.0 Å². The number of anilines is 1. The van der Waals surface area contributed by atoms with E-state index in [4.69, 9.17) is 16.3 Å². The highest BCUT2D eigenvalue weighted by Gasteiger charge is 2.58. The number of ether oxygens (including phenoxy) is 1. The zero-order valence-corrected chi connectivity index (χ0v) is 15.8. The van der Waals surface area contributed by atoms with Crippen LogP contribution in [0, 0.1) is 0 Å². The summed E-state index contributed by atoms with van der Waals surface area (Å²) in [7, 11) is 1.42. The van der Waals surface area contributed by atoms with Crippen molar-refractivity contribution in [1.29, 1.82) is 0 Å². The number of hydrogen-bond acceptors (Lipinski definition) is 3. The quantitative estimate of drug-likeness (QED) is 0.526. The van der Waals surface area contributed by atoms with Crippen LogP contribution in [0.2, 0.25) is 0 Å². The molecule has 0 fully saturated rings. The van der Waals surface area contributed by atoms with Crippen LogP contribution in [-0.2, 0) is 0 Å². The van der Waals surface area contributed by atoms with Crippen molar-refractivity contribution >= 4 is 28.1 Å². The fraction of sp³-hybridized carbons (Fsp3) is 0.238. The predicted molar refractivity (Wildman–Crippen MR) is 105 cm³/mol. The second-order valence-corrected chi connectivity index (χ2v) is 6.70. The van der Waals surface area contributed by atoms with Gasteiger partial charge in [0.1, 0.15) is 5.75 Å². The van der Waals surface area contributed by atoms with Gasteiger partial charge in [-0.2, -0.15) is 13.2 Å². The Bertz CT molecular complexity index is 958. The molecule has 0 saturated carbocycles. The van der Waals surface area contributed by atoms with Crippen LogP contribution in [0.15, 0.2) is 66.7 Å². The van der Waals surface area contributed by atoms with Gasteiger partial charge in [-0.3, -0.25) is 0 Å². The van der Waals surface area contributed by atoms with E-state index in [1.807, 2.05) is 18.2 Å². The number of methoxy groups -OCH3 is 1. The number of fused-ring (bicyclic) bond motifs is 1. The lowest BCUT2D eigenvalue weighted by Crippen LogP contribution is -2.54. The highest BCUT2D eigenvalue weighted by Crippen LogP contribution is 2.44. The number of alkyl halides is 4. The number of aliphatic hydroxyl groups is 1. The SMILES string of the molecule is COc1cccc(C(Nc2cccc3ccccc23)C(O)(CCl)C(F)(F)F)c1. The first-order valence-electron chi connectivity index (χ1n) is 8.53. The normalized spacial score (nSPS) is 15.1. The maximum atomic E-state index is 13.8. The lowest BCUT2D eigenvalue weighted by Gasteiger charge is -2.37. The van der Waals surface area contributed by atoms with Gasteiger partial charge in [0, 0.05) is 11.1 Å². The second-order valence-electron chi connectivity index (χ2n) is 6.44. The summed E-state index contributed by atoms with van der Waals surface area (Å²) in [6.45, 7) is 0. The van der Waals surface area contributed by atoms with Crippen LogP contribution in [0.4, 0.5) is 18.9 Å². The molecular weight excluding hydrogens is 391 g/mol. The van der Waals surface area contributed by atoms with Crippen LogP contribution in [0.1, 0.15) is 11.6 Å². The average Bonchev–Trinajstić information content (AvgIpc) is 2.70. The van der Waals surface area contributed by atoms with E-state index >= 15 is 0 Å². The average molecular weight is 410 g/mol. The van der Waals surface area contributed by atoms with Crippen molar-refractivity contribution in [3.05, 3.63) is 72.3 Å². The van der Waals surface area contributed by atoms with E-state index in [1.165, 1.54) is 19.2 Å². The molecule has 0 aliphatic heterocycles. The Morgan fingerprint density at radius 1 is 1.04 bits per heavy atom. The van der Waals surface area contributed by atoms with E-state index in [9.17, 15) is 18.3 Å². The summed E-state index contributed by atoms with van der Waals surface area (Å²) in [5.74, 6) is -0.655. The van der Waals surface area contributed by atoms with Crippen molar-refractivity contribution in [1.82, 2.24) is 0 Å². The van der Waals surface area contributed by atoms with Gasteiger partial charge in [0.15, 0.2) is 5.60 Å². The summed E-state index contributed by atoms with van der Waals surface area (Å²) in [6.07, 6.45) is -4.96. The first-order chi connectivity index (χ1) is 13.3. The van der Waals surface area contributed by atoms with Gasteiger partial charge < -0.3 is 15.2 Å². The zero-order valence-electron chi connectivity index (χ0n) is 15.0. The molecule has 0 radical (unpaired) electrons. The summed E-state index contributed by atoms with van der Waals surface area (Å²) < 4.78 is 46.6. The van der Waals surface area contributed by atoms with Crippen LogP contribution in [0.25, 0.3) is 10.8 Å². The molecule has 0 spiro atoms. The molecule has 0 heterocycles. The summed E-state index contributed by atoms with van der Waals surface area (Å²) in [4.78, 5) is 0. The molecule has 0 aliphatic rings. The van der Waals surface area contributed by atoms with Crippen molar-refractivity contribution in [2.45, 2.75) is 17.8 Å². The third-order valence-electron chi connectivity index (χ3n) is 4.69. The standard InChI is InChI=1S/C21H19ClF3NO2/c1-28-16-9-4-8-15(12-16)19(20(27,13-22)21(23,24)25)26-18-11-5-7-14-6-2-3-10-17(14)18/h2-12,19,26-27H,13H2,1H3. The molecule has 3 aromatic rings. The van der Waals surface area contributed by atoms with E-state index in [0.29, 0.717) is 11.4 Å². The maximum absolute atomic E-state index is 13.8. The minimum Gasteiger partial charge on any atom is -0.497 e. The first-order valence-corrected chi connectivity index (χ1v) is 9.07.